The van der Waals surface area contributed by atoms with Crippen LogP contribution in [0.3, 0.4) is 0 Å². The first kappa shape index (κ1) is 17.5. The number of carbonyl (C=O) groups is 1. The Bertz CT molecular complexity index is 723. The Morgan fingerprint density at radius 2 is 2.20 bits per heavy atom. The molecule has 5 nitrogen and oxygen atoms in total. The molecule has 1 fully saturated rings. The number of benzene rings is 1. The van der Waals surface area contributed by atoms with Gasteiger partial charge in [0.05, 0.1) is 11.4 Å². The maximum atomic E-state index is 14.0. The Kier molecular flexibility index (Phi) is 5.36. The fraction of sp³-hybridized carbons (Fsp3) is 0.474. The lowest BCUT2D eigenvalue weighted by Gasteiger charge is -2.35. The van der Waals surface area contributed by atoms with Gasteiger partial charge in [-0.15, -0.1) is 0 Å². The number of hydrogen-bond acceptors (Lipinski definition) is 3. The molecule has 1 aliphatic heterocycles. The van der Waals surface area contributed by atoms with Gasteiger partial charge in [0.25, 0.3) is 0 Å². The van der Waals surface area contributed by atoms with Crippen LogP contribution in [0.2, 0.25) is 0 Å². The largest absolute Gasteiger partial charge is 0.367 e. The first-order chi connectivity index (χ1) is 12.0. The quantitative estimate of drug-likeness (QED) is 0.877. The number of aromatic amines is 1. The second kappa shape index (κ2) is 7.68. The lowest BCUT2D eigenvalue weighted by atomic mass is 10.0. The van der Waals surface area contributed by atoms with E-state index in [2.05, 4.69) is 15.5 Å². The topological polar surface area (TPSA) is 61.0 Å². The third-order valence-electron chi connectivity index (χ3n) is 4.86. The van der Waals surface area contributed by atoms with E-state index in [0.717, 1.165) is 36.3 Å². The summed E-state index contributed by atoms with van der Waals surface area (Å²) >= 11 is 0. The summed E-state index contributed by atoms with van der Waals surface area (Å²) in [5.74, 6) is -0.166. The minimum absolute atomic E-state index is 0.0420. The van der Waals surface area contributed by atoms with E-state index >= 15 is 0 Å². The molecule has 1 amide bonds. The molecule has 0 saturated carbocycles. The zero-order chi connectivity index (χ0) is 17.8. The second-order valence-electron chi connectivity index (χ2n) is 6.72. The van der Waals surface area contributed by atoms with Gasteiger partial charge in [-0.05, 0) is 50.8 Å². The number of nitrogens with zero attached hydrogens (tertiary/aromatic N) is 2. The van der Waals surface area contributed by atoms with Crippen LogP contribution in [0.4, 0.5) is 10.1 Å². The number of aromatic nitrogens is 2. The van der Waals surface area contributed by atoms with Crippen molar-refractivity contribution in [2.45, 2.75) is 45.6 Å². The summed E-state index contributed by atoms with van der Waals surface area (Å²) < 4.78 is 14.0. The summed E-state index contributed by atoms with van der Waals surface area (Å²) in [5.41, 5.74) is 3.71. The molecule has 25 heavy (non-hydrogen) atoms. The zero-order valence-corrected chi connectivity index (χ0v) is 14.8. The van der Waals surface area contributed by atoms with Crippen LogP contribution in [-0.2, 0) is 11.2 Å². The van der Waals surface area contributed by atoms with Crippen LogP contribution in [0.15, 0.2) is 24.3 Å². The molecule has 6 heteroatoms. The minimum Gasteiger partial charge on any atom is -0.367 e. The molecule has 1 aliphatic rings. The maximum absolute atomic E-state index is 14.0. The minimum atomic E-state index is -0.208. The smallest absolute Gasteiger partial charge is 0.220 e. The predicted octanol–water partition coefficient (Wildman–Crippen LogP) is 2.88. The number of anilines is 1. The molecule has 1 atom stereocenters. The molecule has 2 heterocycles. The second-order valence-corrected chi connectivity index (χ2v) is 6.72. The molecule has 2 aromatic rings. The van der Waals surface area contributed by atoms with Crippen LogP contribution in [0.25, 0.3) is 0 Å². The number of aryl methyl sites for hydroxylation is 2. The van der Waals surface area contributed by atoms with Crippen molar-refractivity contribution in [2.24, 2.45) is 0 Å². The van der Waals surface area contributed by atoms with Gasteiger partial charge in [-0.2, -0.15) is 5.10 Å². The Balaban J connectivity index is 1.54. The van der Waals surface area contributed by atoms with Crippen LogP contribution in [0, 0.1) is 19.7 Å². The van der Waals surface area contributed by atoms with Gasteiger partial charge in [0.2, 0.25) is 5.91 Å². The molecule has 0 spiro atoms. The van der Waals surface area contributed by atoms with E-state index < -0.39 is 0 Å². The van der Waals surface area contributed by atoms with Gasteiger partial charge in [0.1, 0.15) is 5.82 Å². The molecular weight excluding hydrogens is 319 g/mol. The zero-order valence-electron chi connectivity index (χ0n) is 14.8. The highest BCUT2D eigenvalue weighted by molar-refractivity contribution is 5.76. The molecule has 1 saturated heterocycles. The number of hydrogen-bond donors (Lipinski definition) is 2. The fourth-order valence-electron chi connectivity index (χ4n) is 3.50. The summed E-state index contributed by atoms with van der Waals surface area (Å²) in [6, 6.07) is 6.88. The molecule has 0 unspecified atom stereocenters. The van der Waals surface area contributed by atoms with Gasteiger partial charge in [0, 0.05) is 31.2 Å². The van der Waals surface area contributed by atoms with E-state index in [1.165, 1.54) is 6.07 Å². The van der Waals surface area contributed by atoms with Gasteiger partial charge in [-0.25, -0.2) is 4.39 Å². The molecular formula is C19H25FN4O. The van der Waals surface area contributed by atoms with E-state index in [-0.39, 0.29) is 17.8 Å². The van der Waals surface area contributed by atoms with Crippen LogP contribution in [-0.4, -0.2) is 35.2 Å². The monoisotopic (exact) mass is 344 g/mol. The van der Waals surface area contributed by atoms with Crippen molar-refractivity contribution in [1.82, 2.24) is 15.5 Å². The number of rotatable bonds is 5. The lowest BCUT2D eigenvalue weighted by Crippen LogP contribution is -2.48. The van der Waals surface area contributed by atoms with E-state index in [1.54, 1.807) is 12.1 Å². The van der Waals surface area contributed by atoms with Crippen LogP contribution >= 0.6 is 0 Å². The molecule has 134 valence electrons. The molecule has 0 bridgehead atoms. The summed E-state index contributed by atoms with van der Waals surface area (Å²) in [5, 5.41) is 10.2. The van der Waals surface area contributed by atoms with Crippen molar-refractivity contribution in [1.29, 1.82) is 0 Å². The fourth-order valence-corrected chi connectivity index (χ4v) is 3.50. The predicted molar refractivity (Wildman–Crippen MR) is 96.2 cm³/mol. The van der Waals surface area contributed by atoms with Crippen molar-refractivity contribution < 1.29 is 9.18 Å². The summed E-state index contributed by atoms with van der Waals surface area (Å²) in [7, 11) is 0. The number of H-pyrrole nitrogens is 1. The highest BCUT2D eigenvalue weighted by atomic mass is 19.1. The number of piperidine rings is 1. The van der Waals surface area contributed by atoms with Crippen molar-refractivity contribution >= 4 is 11.6 Å². The number of halogens is 1. The highest BCUT2D eigenvalue weighted by Crippen LogP contribution is 2.23. The van der Waals surface area contributed by atoms with Crippen LogP contribution in [0.5, 0.6) is 0 Å². The number of nitrogens with one attached hydrogen (secondary N) is 2. The third kappa shape index (κ3) is 4.18. The van der Waals surface area contributed by atoms with Gasteiger partial charge in [-0.3, -0.25) is 9.89 Å². The Labute approximate surface area is 147 Å². The molecule has 0 radical (unpaired) electrons. The van der Waals surface area contributed by atoms with E-state index in [1.807, 2.05) is 24.8 Å². The Morgan fingerprint density at radius 3 is 2.92 bits per heavy atom. The van der Waals surface area contributed by atoms with Gasteiger partial charge in [0.15, 0.2) is 0 Å². The standard InChI is InChI=1S/C19H25FN4O/c1-13-16(14(2)23-22-13)9-10-19(25)21-15-6-5-11-24(12-15)18-8-4-3-7-17(18)20/h3-4,7-8,15H,5-6,9-12H2,1-2H3,(H,21,25)(H,22,23)/t15-/m0/s1. The normalized spacial score (nSPS) is 17.6. The van der Waals surface area contributed by atoms with Gasteiger partial charge in [-0.1, -0.05) is 12.1 Å². The van der Waals surface area contributed by atoms with Crippen molar-refractivity contribution in [3.8, 4) is 0 Å². The first-order valence-electron chi connectivity index (χ1n) is 8.84. The average Bonchev–Trinajstić information content (AvgIpc) is 2.92. The van der Waals surface area contributed by atoms with Crippen LogP contribution < -0.4 is 10.2 Å². The molecule has 2 N–H and O–H groups in total. The van der Waals surface area contributed by atoms with E-state index in [4.69, 9.17) is 0 Å². The number of carbonyl (C=O) groups excluding carboxylic acids is 1. The molecule has 1 aromatic heterocycles. The first-order valence-corrected chi connectivity index (χ1v) is 8.84. The van der Waals surface area contributed by atoms with Crippen molar-refractivity contribution in [3.63, 3.8) is 0 Å². The third-order valence-corrected chi connectivity index (χ3v) is 4.86. The van der Waals surface area contributed by atoms with Crippen molar-refractivity contribution in [2.75, 3.05) is 18.0 Å². The summed E-state index contributed by atoms with van der Waals surface area (Å²) in [6.07, 6.45) is 3.00. The SMILES string of the molecule is Cc1n[nH]c(C)c1CCC(=O)N[C@H]1CCCN(c2ccccc2F)C1. The van der Waals surface area contributed by atoms with Gasteiger partial charge < -0.3 is 10.2 Å². The summed E-state index contributed by atoms with van der Waals surface area (Å²) in [6.45, 7) is 5.39. The molecule has 3 rings (SSSR count). The maximum Gasteiger partial charge on any atom is 0.220 e. The Hall–Kier alpha value is -2.37. The van der Waals surface area contributed by atoms with E-state index in [0.29, 0.717) is 25.1 Å². The lowest BCUT2D eigenvalue weighted by molar-refractivity contribution is -0.121. The van der Waals surface area contributed by atoms with E-state index in [9.17, 15) is 9.18 Å². The number of amides is 1. The average molecular weight is 344 g/mol. The summed E-state index contributed by atoms with van der Waals surface area (Å²) in [4.78, 5) is 14.3. The number of para-hydroxylation sites is 1. The van der Waals surface area contributed by atoms with Gasteiger partial charge >= 0.3 is 0 Å². The van der Waals surface area contributed by atoms with Crippen molar-refractivity contribution in [3.05, 3.63) is 47.0 Å². The highest BCUT2D eigenvalue weighted by Gasteiger charge is 2.23. The van der Waals surface area contributed by atoms with Crippen LogP contribution in [0.1, 0.15) is 36.2 Å². The molecule has 0 aliphatic carbocycles. The molecule has 1 aromatic carbocycles. The Morgan fingerprint density at radius 1 is 1.40 bits per heavy atom.